The maximum absolute atomic E-state index is 12.3. The highest BCUT2D eigenvalue weighted by atomic mass is 79.9. The second-order valence-corrected chi connectivity index (χ2v) is 5.73. The maximum Gasteiger partial charge on any atom is 0.270 e. The van der Waals surface area contributed by atoms with Crippen molar-refractivity contribution in [1.82, 2.24) is 14.8 Å². The Morgan fingerprint density at radius 1 is 1.41 bits per heavy atom. The standard InChI is InChI=1S/C12H16BrN3O/c13-9-6-11(14-7-9)12(17)16-5-4-15-3-1-2-10(15)8-16/h6-7,10,14H,1-5,8H2. The van der Waals surface area contributed by atoms with Crippen LogP contribution in [0.1, 0.15) is 23.3 Å². The van der Waals surface area contributed by atoms with Crippen molar-refractivity contribution >= 4 is 21.8 Å². The van der Waals surface area contributed by atoms with Gasteiger partial charge < -0.3 is 9.88 Å². The molecule has 1 unspecified atom stereocenters. The van der Waals surface area contributed by atoms with E-state index >= 15 is 0 Å². The first-order chi connectivity index (χ1) is 8.24. The zero-order valence-electron chi connectivity index (χ0n) is 9.66. The van der Waals surface area contributed by atoms with Crippen molar-refractivity contribution in [3.63, 3.8) is 0 Å². The van der Waals surface area contributed by atoms with Gasteiger partial charge in [0, 0.05) is 36.3 Å². The molecule has 1 aromatic heterocycles. The highest BCUT2D eigenvalue weighted by Crippen LogP contribution is 2.22. The largest absolute Gasteiger partial charge is 0.356 e. The Bertz CT molecular complexity index is 431. The molecular formula is C12H16BrN3O. The Hall–Kier alpha value is -0.810. The average molecular weight is 298 g/mol. The fourth-order valence-electron chi connectivity index (χ4n) is 2.84. The average Bonchev–Trinajstić information content (AvgIpc) is 2.95. The molecule has 2 fully saturated rings. The summed E-state index contributed by atoms with van der Waals surface area (Å²) in [5.74, 6) is 0.127. The Balaban J connectivity index is 1.70. The van der Waals surface area contributed by atoms with E-state index in [0.29, 0.717) is 11.7 Å². The van der Waals surface area contributed by atoms with Crippen molar-refractivity contribution in [3.05, 3.63) is 22.4 Å². The zero-order chi connectivity index (χ0) is 11.8. The molecule has 1 aromatic rings. The number of amides is 1. The van der Waals surface area contributed by atoms with E-state index in [1.807, 2.05) is 11.0 Å². The summed E-state index contributed by atoms with van der Waals surface area (Å²) in [6.07, 6.45) is 4.32. The van der Waals surface area contributed by atoms with Crippen molar-refractivity contribution in [1.29, 1.82) is 0 Å². The van der Waals surface area contributed by atoms with Crippen LogP contribution in [0.3, 0.4) is 0 Å². The predicted molar refractivity (Wildman–Crippen MR) is 69.0 cm³/mol. The topological polar surface area (TPSA) is 39.3 Å². The van der Waals surface area contributed by atoms with E-state index < -0.39 is 0 Å². The molecule has 1 amide bonds. The van der Waals surface area contributed by atoms with Gasteiger partial charge in [0.1, 0.15) is 5.69 Å². The van der Waals surface area contributed by atoms with Gasteiger partial charge in [0.2, 0.25) is 0 Å². The molecule has 2 aliphatic heterocycles. The molecule has 1 N–H and O–H groups in total. The molecule has 0 radical (unpaired) electrons. The summed E-state index contributed by atoms with van der Waals surface area (Å²) in [6.45, 7) is 3.97. The minimum Gasteiger partial charge on any atom is -0.356 e. The van der Waals surface area contributed by atoms with Crippen LogP contribution in [0.15, 0.2) is 16.7 Å². The summed E-state index contributed by atoms with van der Waals surface area (Å²) in [6, 6.07) is 2.44. The van der Waals surface area contributed by atoms with Crippen LogP contribution in [0.4, 0.5) is 0 Å². The van der Waals surface area contributed by atoms with Crippen LogP contribution in [0.2, 0.25) is 0 Å². The van der Waals surface area contributed by atoms with Gasteiger partial charge >= 0.3 is 0 Å². The van der Waals surface area contributed by atoms with E-state index in [1.165, 1.54) is 19.4 Å². The first kappa shape index (κ1) is 11.3. The van der Waals surface area contributed by atoms with E-state index in [-0.39, 0.29) is 5.91 Å². The number of nitrogens with one attached hydrogen (secondary N) is 1. The zero-order valence-corrected chi connectivity index (χ0v) is 11.2. The fraction of sp³-hybridized carbons (Fsp3) is 0.583. The molecule has 0 aromatic carbocycles. The number of fused-ring (bicyclic) bond motifs is 1. The van der Waals surface area contributed by atoms with Crippen LogP contribution >= 0.6 is 15.9 Å². The molecular weight excluding hydrogens is 282 g/mol. The van der Waals surface area contributed by atoms with Gasteiger partial charge in [-0.05, 0) is 41.4 Å². The fourth-order valence-corrected chi connectivity index (χ4v) is 3.18. The van der Waals surface area contributed by atoms with Crippen molar-refractivity contribution in [2.24, 2.45) is 0 Å². The SMILES string of the molecule is O=C(c1cc(Br)c[nH]1)N1CCN2CCCC2C1. The Morgan fingerprint density at radius 2 is 2.29 bits per heavy atom. The molecule has 92 valence electrons. The van der Waals surface area contributed by atoms with Gasteiger partial charge in [-0.1, -0.05) is 0 Å². The lowest BCUT2D eigenvalue weighted by atomic mass is 10.1. The second-order valence-electron chi connectivity index (χ2n) is 4.81. The maximum atomic E-state index is 12.3. The smallest absolute Gasteiger partial charge is 0.270 e. The van der Waals surface area contributed by atoms with Crippen molar-refractivity contribution in [2.75, 3.05) is 26.2 Å². The van der Waals surface area contributed by atoms with Gasteiger partial charge in [0.25, 0.3) is 5.91 Å². The molecule has 2 saturated heterocycles. The lowest BCUT2D eigenvalue weighted by Gasteiger charge is -2.37. The number of halogens is 1. The van der Waals surface area contributed by atoms with Gasteiger partial charge in [0.15, 0.2) is 0 Å². The summed E-state index contributed by atoms with van der Waals surface area (Å²) in [5, 5.41) is 0. The third kappa shape index (κ3) is 2.13. The molecule has 0 spiro atoms. The van der Waals surface area contributed by atoms with Crippen LogP contribution in [-0.2, 0) is 0 Å². The molecule has 17 heavy (non-hydrogen) atoms. The molecule has 0 bridgehead atoms. The quantitative estimate of drug-likeness (QED) is 0.857. The summed E-state index contributed by atoms with van der Waals surface area (Å²) < 4.78 is 0.931. The third-order valence-corrected chi connectivity index (χ3v) is 4.21. The molecule has 3 rings (SSSR count). The molecule has 4 nitrogen and oxygen atoms in total. The Kier molecular flexibility index (Phi) is 2.96. The second kappa shape index (κ2) is 4.46. The lowest BCUT2D eigenvalue weighted by molar-refractivity contribution is 0.0566. The van der Waals surface area contributed by atoms with Gasteiger partial charge in [-0.25, -0.2) is 0 Å². The monoisotopic (exact) mass is 297 g/mol. The number of H-pyrrole nitrogens is 1. The third-order valence-electron chi connectivity index (χ3n) is 3.75. The molecule has 3 heterocycles. The predicted octanol–water partition coefficient (Wildman–Crippen LogP) is 1.70. The van der Waals surface area contributed by atoms with E-state index in [2.05, 4.69) is 25.8 Å². The number of carbonyl (C=O) groups excluding carboxylic acids is 1. The number of hydrogen-bond acceptors (Lipinski definition) is 2. The first-order valence-electron chi connectivity index (χ1n) is 6.11. The van der Waals surface area contributed by atoms with Crippen LogP contribution in [0.5, 0.6) is 0 Å². The first-order valence-corrected chi connectivity index (χ1v) is 6.90. The van der Waals surface area contributed by atoms with E-state index in [0.717, 1.165) is 24.1 Å². The van der Waals surface area contributed by atoms with Crippen LogP contribution in [0, 0.1) is 0 Å². The molecule has 0 aliphatic carbocycles. The number of piperazine rings is 1. The number of rotatable bonds is 1. The molecule has 1 atom stereocenters. The van der Waals surface area contributed by atoms with Crippen LogP contribution in [-0.4, -0.2) is 52.9 Å². The van der Waals surface area contributed by atoms with Crippen molar-refractivity contribution < 1.29 is 4.79 Å². The van der Waals surface area contributed by atoms with E-state index in [1.54, 1.807) is 6.20 Å². The van der Waals surface area contributed by atoms with Gasteiger partial charge in [-0.15, -0.1) is 0 Å². The summed E-state index contributed by atoms with van der Waals surface area (Å²) in [7, 11) is 0. The minimum atomic E-state index is 0.127. The van der Waals surface area contributed by atoms with Gasteiger partial charge in [-0.2, -0.15) is 0 Å². The summed E-state index contributed by atoms with van der Waals surface area (Å²) in [4.78, 5) is 19.8. The number of nitrogens with zero attached hydrogens (tertiary/aromatic N) is 2. The minimum absolute atomic E-state index is 0.127. The molecule has 0 saturated carbocycles. The Labute approximate surface area is 109 Å². The number of carbonyl (C=O) groups is 1. The molecule has 2 aliphatic rings. The highest BCUT2D eigenvalue weighted by Gasteiger charge is 2.32. The lowest BCUT2D eigenvalue weighted by Crippen LogP contribution is -2.52. The van der Waals surface area contributed by atoms with Crippen molar-refractivity contribution in [3.8, 4) is 0 Å². The van der Waals surface area contributed by atoms with Crippen molar-refractivity contribution in [2.45, 2.75) is 18.9 Å². The van der Waals surface area contributed by atoms with E-state index in [9.17, 15) is 4.79 Å². The van der Waals surface area contributed by atoms with Gasteiger partial charge in [-0.3, -0.25) is 9.69 Å². The Morgan fingerprint density at radius 3 is 3.06 bits per heavy atom. The van der Waals surface area contributed by atoms with E-state index in [4.69, 9.17) is 0 Å². The number of aromatic nitrogens is 1. The summed E-state index contributed by atoms with van der Waals surface area (Å²) in [5.41, 5.74) is 0.684. The number of hydrogen-bond donors (Lipinski definition) is 1. The van der Waals surface area contributed by atoms with Crippen LogP contribution < -0.4 is 0 Å². The summed E-state index contributed by atoms with van der Waals surface area (Å²) >= 11 is 3.36. The van der Waals surface area contributed by atoms with Crippen LogP contribution in [0.25, 0.3) is 0 Å². The highest BCUT2D eigenvalue weighted by molar-refractivity contribution is 9.10. The number of aromatic amines is 1. The molecule has 5 heteroatoms. The van der Waals surface area contributed by atoms with Gasteiger partial charge in [0.05, 0.1) is 0 Å². The normalized spacial score (nSPS) is 25.0.